The molecule has 1 aromatic heterocycles. The quantitative estimate of drug-likeness (QED) is 0.797. The summed E-state index contributed by atoms with van der Waals surface area (Å²) in [5.41, 5.74) is 2.26. The molecule has 16 heavy (non-hydrogen) atoms. The summed E-state index contributed by atoms with van der Waals surface area (Å²) in [5, 5.41) is 0. The molecule has 0 fully saturated rings. The van der Waals surface area contributed by atoms with Crippen molar-refractivity contribution in [2.75, 3.05) is 0 Å². The van der Waals surface area contributed by atoms with Crippen molar-refractivity contribution in [3.8, 4) is 11.3 Å². The predicted molar refractivity (Wildman–Crippen MR) is 59.7 cm³/mol. The molecule has 2 aromatic rings. The molecule has 0 saturated heterocycles. The van der Waals surface area contributed by atoms with Gasteiger partial charge in [-0.3, -0.25) is 0 Å². The number of aromatic nitrogens is 2. The van der Waals surface area contributed by atoms with Gasteiger partial charge in [-0.1, -0.05) is 17.7 Å². The molecule has 0 aliphatic heterocycles. The predicted octanol–water partition coefficient (Wildman–Crippen LogP) is 2.19. The molecule has 3 nitrogen and oxygen atoms in total. The summed E-state index contributed by atoms with van der Waals surface area (Å²) in [6.07, 6.45) is 0.940. The van der Waals surface area contributed by atoms with Crippen LogP contribution in [0.2, 0.25) is 0 Å². The maximum atomic E-state index is 13.5. The monoisotopic (exact) mass is 218 g/mol. The number of aryl methyl sites for hydroxylation is 2. The third kappa shape index (κ3) is 1.86. The van der Waals surface area contributed by atoms with Crippen molar-refractivity contribution in [3.63, 3.8) is 0 Å². The number of hydrogen-bond donors (Lipinski definition) is 1. The molecule has 0 atom stereocenters. The number of aromatic amines is 1. The Bertz CT molecular complexity index is 590. The van der Waals surface area contributed by atoms with Crippen LogP contribution in [0.5, 0.6) is 0 Å². The SMILES string of the molecule is Cc1ccc(C)c(-c2[nH]c(=O)ncc2F)c1. The Kier molecular flexibility index (Phi) is 2.56. The molecule has 0 aliphatic carbocycles. The Morgan fingerprint density at radius 2 is 2.06 bits per heavy atom. The number of hydrogen-bond acceptors (Lipinski definition) is 2. The summed E-state index contributed by atoms with van der Waals surface area (Å²) in [6.45, 7) is 3.78. The van der Waals surface area contributed by atoms with E-state index in [0.29, 0.717) is 5.56 Å². The van der Waals surface area contributed by atoms with Crippen LogP contribution < -0.4 is 5.69 Å². The molecule has 1 heterocycles. The minimum absolute atomic E-state index is 0.196. The molecule has 0 unspecified atom stereocenters. The van der Waals surface area contributed by atoms with E-state index in [1.54, 1.807) is 0 Å². The molecule has 0 aliphatic rings. The Morgan fingerprint density at radius 3 is 2.81 bits per heavy atom. The number of benzene rings is 1. The highest BCUT2D eigenvalue weighted by molar-refractivity contribution is 5.64. The zero-order chi connectivity index (χ0) is 11.7. The first-order chi connectivity index (χ1) is 7.58. The number of nitrogens with zero attached hydrogens (tertiary/aromatic N) is 1. The Balaban J connectivity index is 2.71. The lowest BCUT2D eigenvalue weighted by atomic mass is 10.0. The highest BCUT2D eigenvalue weighted by Gasteiger charge is 2.09. The van der Waals surface area contributed by atoms with E-state index in [1.807, 2.05) is 32.0 Å². The van der Waals surface area contributed by atoms with Crippen molar-refractivity contribution in [2.45, 2.75) is 13.8 Å². The molecule has 0 saturated carbocycles. The molecular formula is C12H11FN2O. The number of rotatable bonds is 1. The number of nitrogens with one attached hydrogen (secondary N) is 1. The first-order valence-electron chi connectivity index (χ1n) is 4.90. The van der Waals surface area contributed by atoms with Gasteiger partial charge in [0.2, 0.25) is 0 Å². The van der Waals surface area contributed by atoms with E-state index in [0.717, 1.165) is 17.3 Å². The van der Waals surface area contributed by atoms with Gasteiger partial charge in [-0.15, -0.1) is 0 Å². The van der Waals surface area contributed by atoms with E-state index in [-0.39, 0.29) is 5.69 Å². The number of H-pyrrole nitrogens is 1. The van der Waals surface area contributed by atoms with Crippen molar-refractivity contribution >= 4 is 0 Å². The molecule has 4 heteroatoms. The van der Waals surface area contributed by atoms with Crippen LogP contribution in [0.3, 0.4) is 0 Å². The van der Waals surface area contributed by atoms with E-state index >= 15 is 0 Å². The van der Waals surface area contributed by atoms with Crippen LogP contribution in [-0.4, -0.2) is 9.97 Å². The van der Waals surface area contributed by atoms with Gasteiger partial charge >= 0.3 is 5.69 Å². The van der Waals surface area contributed by atoms with Crippen LogP contribution in [0.4, 0.5) is 4.39 Å². The first kappa shape index (κ1) is 10.5. The molecule has 0 spiro atoms. The Labute approximate surface area is 92.0 Å². The van der Waals surface area contributed by atoms with Crippen LogP contribution in [0.15, 0.2) is 29.2 Å². The first-order valence-corrected chi connectivity index (χ1v) is 4.90. The molecular weight excluding hydrogens is 207 g/mol. The highest BCUT2D eigenvalue weighted by atomic mass is 19.1. The summed E-state index contributed by atoms with van der Waals surface area (Å²) >= 11 is 0. The second-order valence-electron chi connectivity index (χ2n) is 3.73. The van der Waals surface area contributed by atoms with E-state index in [4.69, 9.17) is 0 Å². The topological polar surface area (TPSA) is 45.8 Å². The lowest BCUT2D eigenvalue weighted by Gasteiger charge is -2.07. The van der Waals surface area contributed by atoms with Gasteiger partial charge in [-0.25, -0.2) is 9.18 Å². The molecule has 2 rings (SSSR count). The smallest absolute Gasteiger partial charge is 0.303 e. The van der Waals surface area contributed by atoms with Crippen molar-refractivity contribution in [1.29, 1.82) is 0 Å². The maximum absolute atomic E-state index is 13.5. The average Bonchev–Trinajstić information content (AvgIpc) is 2.25. The molecule has 1 N–H and O–H groups in total. The summed E-state index contributed by atoms with van der Waals surface area (Å²) in [6, 6.07) is 5.67. The molecule has 82 valence electrons. The van der Waals surface area contributed by atoms with E-state index in [1.165, 1.54) is 0 Å². The fourth-order valence-electron chi connectivity index (χ4n) is 1.58. The molecule has 0 amide bonds. The Hall–Kier alpha value is -1.97. The van der Waals surface area contributed by atoms with Crippen LogP contribution >= 0.6 is 0 Å². The zero-order valence-corrected chi connectivity index (χ0v) is 9.04. The van der Waals surface area contributed by atoms with Crippen molar-refractivity contribution in [3.05, 3.63) is 51.8 Å². The third-order valence-electron chi connectivity index (χ3n) is 2.43. The van der Waals surface area contributed by atoms with Gasteiger partial charge in [0.1, 0.15) is 0 Å². The maximum Gasteiger partial charge on any atom is 0.345 e. The Morgan fingerprint density at radius 1 is 1.31 bits per heavy atom. The number of halogens is 1. The minimum atomic E-state index is -0.544. The van der Waals surface area contributed by atoms with E-state index in [9.17, 15) is 9.18 Å². The van der Waals surface area contributed by atoms with Gasteiger partial charge in [0, 0.05) is 5.56 Å². The lowest BCUT2D eigenvalue weighted by molar-refractivity contribution is 0.615. The lowest BCUT2D eigenvalue weighted by Crippen LogP contribution is -2.12. The van der Waals surface area contributed by atoms with Crippen LogP contribution in [0.25, 0.3) is 11.3 Å². The van der Waals surface area contributed by atoms with Crippen LogP contribution in [0, 0.1) is 19.7 Å². The van der Waals surface area contributed by atoms with Gasteiger partial charge in [-0.2, -0.15) is 4.98 Å². The van der Waals surface area contributed by atoms with Gasteiger partial charge in [-0.05, 0) is 25.5 Å². The van der Waals surface area contributed by atoms with Crippen LogP contribution in [0.1, 0.15) is 11.1 Å². The molecule has 0 radical (unpaired) electrons. The normalized spacial score (nSPS) is 10.4. The standard InChI is InChI=1S/C12H11FN2O/c1-7-3-4-8(2)9(5-7)11-10(13)6-14-12(16)15-11/h3-6H,1-2H3,(H,14,15,16). The minimum Gasteiger partial charge on any atom is -0.303 e. The summed E-state index contributed by atoms with van der Waals surface area (Å²) in [4.78, 5) is 16.8. The molecule has 0 bridgehead atoms. The van der Waals surface area contributed by atoms with Gasteiger partial charge in [0.05, 0.1) is 11.9 Å². The zero-order valence-electron chi connectivity index (χ0n) is 9.04. The average molecular weight is 218 g/mol. The highest BCUT2D eigenvalue weighted by Crippen LogP contribution is 2.23. The molecule has 1 aromatic carbocycles. The summed E-state index contributed by atoms with van der Waals surface area (Å²) in [5.74, 6) is -0.520. The van der Waals surface area contributed by atoms with Crippen molar-refractivity contribution in [2.24, 2.45) is 0 Å². The fraction of sp³-hybridized carbons (Fsp3) is 0.167. The van der Waals surface area contributed by atoms with Crippen molar-refractivity contribution < 1.29 is 4.39 Å². The second kappa shape index (κ2) is 3.89. The largest absolute Gasteiger partial charge is 0.345 e. The van der Waals surface area contributed by atoms with E-state index in [2.05, 4.69) is 9.97 Å². The van der Waals surface area contributed by atoms with Crippen molar-refractivity contribution in [1.82, 2.24) is 9.97 Å². The van der Waals surface area contributed by atoms with E-state index < -0.39 is 11.5 Å². The fourth-order valence-corrected chi connectivity index (χ4v) is 1.58. The van der Waals surface area contributed by atoms with Gasteiger partial charge < -0.3 is 4.98 Å². The second-order valence-corrected chi connectivity index (χ2v) is 3.73. The summed E-state index contributed by atoms with van der Waals surface area (Å²) in [7, 11) is 0. The summed E-state index contributed by atoms with van der Waals surface area (Å²) < 4.78 is 13.5. The van der Waals surface area contributed by atoms with Gasteiger partial charge in [0.25, 0.3) is 0 Å². The van der Waals surface area contributed by atoms with Crippen LogP contribution in [-0.2, 0) is 0 Å². The van der Waals surface area contributed by atoms with Gasteiger partial charge in [0.15, 0.2) is 5.82 Å². The third-order valence-corrected chi connectivity index (χ3v) is 2.43.